The Kier molecular flexibility index (Phi) is 5.83. The topological polar surface area (TPSA) is 30.5 Å². The summed E-state index contributed by atoms with van der Waals surface area (Å²) in [7, 11) is 3.61. The van der Waals surface area contributed by atoms with Crippen LogP contribution < -0.4 is 10.1 Å². The Morgan fingerprint density at radius 2 is 1.68 bits per heavy atom. The summed E-state index contributed by atoms with van der Waals surface area (Å²) in [4.78, 5) is 0. The van der Waals surface area contributed by atoms with Gasteiger partial charge < -0.3 is 14.8 Å². The molecule has 1 atom stereocenters. The molecule has 0 saturated heterocycles. The van der Waals surface area contributed by atoms with E-state index in [-0.39, 0.29) is 5.54 Å². The van der Waals surface area contributed by atoms with E-state index in [1.807, 2.05) is 43.4 Å². The van der Waals surface area contributed by atoms with Crippen LogP contribution in [0.3, 0.4) is 0 Å². The second kappa shape index (κ2) is 7.63. The first-order valence-corrected chi connectivity index (χ1v) is 7.61. The van der Waals surface area contributed by atoms with Gasteiger partial charge in [-0.15, -0.1) is 0 Å². The second-order valence-electron chi connectivity index (χ2n) is 5.43. The number of likely N-dealkylation sites (N-methyl/N-ethyl adjacent to an activating group) is 1. The summed E-state index contributed by atoms with van der Waals surface area (Å²) in [6, 6.07) is 15.7. The largest absolute Gasteiger partial charge is 0.497 e. The van der Waals surface area contributed by atoms with E-state index < -0.39 is 0 Å². The molecule has 0 spiro atoms. The molecule has 0 aliphatic rings. The molecule has 1 N–H and O–H groups in total. The Labute approximate surface area is 137 Å². The van der Waals surface area contributed by atoms with Gasteiger partial charge in [0, 0.05) is 5.02 Å². The number of methoxy groups -OCH3 is 1. The van der Waals surface area contributed by atoms with Gasteiger partial charge in [0.05, 0.1) is 25.9 Å². The molecule has 0 saturated carbocycles. The molecular formula is C18H22ClNO2. The van der Waals surface area contributed by atoms with E-state index in [0.717, 1.165) is 21.9 Å². The molecule has 0 aliphatic carbocycles. The number of nitrogens with one attached hydrogen (secondary N) is 1. The van der Waals surface area contributed by atoms with Crippen molar-refractivity contribution in [1.82, 2.24) is 5.32 Å². The quantitative estimate of drug-likeness (QED) is 0.836. The molecule has 1 unspecified atom stereocenters. The minimum Gasteiger partial charge on any atom is -0.497 e. The highest BCUT2D eigenvalue weighted by Gasteiger charge is 2.24. The molecule has 2 aromatic carbocycles. The first kappa shape index (κ1) is 16.8. The van der Waals surface area contributed by atoms with E-state index in [1.165, 1.54) is 0 Å². The number of benzene rings is 2. The fourth-order valence-corrected chi connectivity index (χ4v) is 2.34. The average Bonchev–Trinajstić information content (AvgIpc) is 2.56. The maximum Gasteiger partial charge on any atom is 0.118 e. The molecule has 0 aliphatic heterocycles. The molecule has 2 aromatic rings. The van der Waals surface area contributed by atoms with Crippen LogP contribution in [0.4, 0.5) is 0 Å². The van der Waals surface area contributed by atoms with Crippen molar-refractivity contribution in [2.75, 3.05) is 20.8 Å². The fourth-order valence-electron chi connectivity index (χ4n) is 2.21. The van der Waals surface area contributed by atoms with Crippen molar-refractivity contribution in [3.05, 3.63) is 64.7 Å². The SMILES string of the molecule is CNC(C)(COCc1ccc(Cl)cc1)c1ccc(OC)cc1. The number of ether oxygens (including phenoxy) is 2. The highest BCUT2D eigenvalue weighted by molar-refractivity contribution is 6.30. The van der Waals surface area contributed by atoms with Gasteiger partial charge in [0.15, 0.2) is 0 Å². The Hall–Kier alpha value is -1.55. The lowest BCUT2D eigenvalue weighted by atomic mass is 9.93. The number of hydrogen-bond acceptors (Lipinski definition) is 3. The van der Waals surface area contributed by atoms with Gasteiger partial charge in [-0.2, -0.15) is 0 Å². The van der Waals surface area contributed by atoms with Crippen LogP contribution in [0.25, 0.3) is 0 Å². The lowest BCUT2D eigenvalue weighted by Gasteiger charge is -2.30. The third-order valence-electron chi connectivity index (χ3n) is 3.85. The number of halogens is 1. The lowest BCUT2D eigenvalue weighted by Crippen LogP contribution is -2.41. The van der Waals surface area contributed by atoms with E-state index in [1.54, 1.807) is 7.11 Å². The van der Waals surface area contributed by atoms with Crippen molar-refractivity contribution in [2.24, 2.45) is 0 Å². The average molecular weight is 320 g/mol. The molecule has 0 heterocycles. The molecule has 0 amide bonds. The van der Waals surface area contributed by atoms with Crippen molar-refractivity contribution in [1.29, 1.82) is 0 Å². The summed E-state index contributed by atoms with van der Waals surface area (Å²) < 4.78 is 11.1. The monoisotopic (exact) mass is 319 g/mol. The molecule has 0 fully saturated rings. The van der Waals surface area contributed by atoms with Crippen LogP contribution in [0, 0.1) is 0 Å². The van der Waals surface area contributed by atoms with E-state index in [9.17, 15) is 0 Å². The zero-order valence-corrected chi connectivity index (χ0v) is 14.0. The minimum atomic E-state index is -0.251. The van der Waals surface area contributed by atoms with Gasteiger partial charge in [0.25, 0.3) is 0 Å². The highest BCUT2D eigenvalue weighted by atomic mass is 35.5. The standard InChI is InChI=1S/C18H22ClNO2/c1-18(20-2,15-6-10-17(21-3)11-7-15)13-22-12-14-4-8-16(19)9-5-14/h4-11,20H,12-13H2,1-3H3. The fraction of sp³-hybridized carbons (Fsp3) is 0.333. The number of rotatable bonds is 7. The summed E-state index contributed by atoms with van der Waals surface area (Å²) in [5, 5.41) is 4.08. The zero-order chi connectivity index (χ0) is 16.0. The van der Waals surface area contributed by atoms with Gasteiger partial charge in [-0.3, -0.25) is 0 Å². The van der Waals surface area contributed by atoms with Gasteiger partial charge in [0.1, 0.15) is 5.75 Å². The van der Waals surface area contributed by atoms with E-state index in [0.29, 0.717) is 13.2 Å². The second-order valence-corrected chi connectivity index (χ2v) is 5.87. The maximum absolute atomic E-state index is 5.89. The lowest BCUT2D eigenvalue weighted by molar-refractivity contribution is 0.0662. The van der Waals surface area contributed by atoms with Gasteiger partial charge in [-0.25, -0.2) is 0 Å². The van der Waals surface area contributed by atoms with Crippen molar-refractivity contribution >= 4 is 11.6 Å². The highest BCUT2D eigenvalue weighted by Crippen LogP contribution is 2.24. The summed E-state index contributed by atoms with van der Waals surface area (Å²) >= 11 is 5.88. The van der Waals surface area contributed by atoms with Crippen molar-refractivity contribution in [3.63, 3.8) is 0 Å². The summed E-state index contributed by atoms with van der Waals surface area (Å²) in [5.41, 5.74) is 2.02. The Morgan fingerprint density at radius 1 is 1.05 bits per heavy atom. The van der Waals surface area contributed by atoms with Crippen molar-refractivity contribution in [3.8, 4) is 5.75 Å². The molecule has 0 bridgehead atoms. The van der Waals surface area contributed by atoms with Crippen LogP contribution in [-0.2, 0) is 16.9 Å². The molecule has 22 heavy (non-hydrogen) atoms. The predicted octanol–water partition coefficient (Wildman–Crippen LogP) is 4.00. The Bertz CT molecular complexity index is 583. The van der Waals surface area contributed by atoms with Gasteiger partial charge in [-0.05, 0) is 49.4 Å². The van der Waals surface area contributed by atoms with Gasteiger partial charge in [0.2, 0.25) is 0 Å². The van der Waals surface area contributed by atoms with Gasteiger partial charge >= 0.3 is 0 Å². The smallest absolute Gasteiger partial charge is 0.118 e. The Morgan fingerprint density at radius 3 is 2.23 bits per heavy atom. The minimum absolute atomic E-state index is 0.251. The molecule has 3 nitrogen and oxygen atoms in total. The van der Waals surface area contributed by atoms with Crippen molar-refractivity contribution in [2.45, 2.75) is 19.1 Å². The molecule has 2 rings (SSSR count). The molecule has 0 aromatic heterocycles. The zero-order valence-electron chi connectivity index (χ0n) is 13.2. The molecule has 4 heteroatoms. The third kappa shape index (κ3) is 4.23. The predicted molar refractivity (Wildman–Crippen MR) is 90.5 cm³/mol. The van der Waals surface area contributed by atoms with Crippen LogP contribution in [0.5, 0.6) is 5.75 Å². The van der Waals surface area contributed by atoms with E-state index in [4.69, 9.17) is 21.1 Å². The van der Waals surface area contributed by atoms with Crippen LogP contribution >= 0.6 is 11.6 Å². The Balaban J connectivity index is 1.98. The first-order chi connectivity index (χ1) is 10.6. The van der Waals surface area contributed by atoms with Gasteiger partial charge in [-0.1, -0.05) is 35.9 Å². The molecule has 0 radical (unpaired) electrons. The molecular weight excluding hydrogens is 298 g/mol. The maximum atomic E-state index is 5.89. The first-order valence-electron chi connectivity index (χ1n) is 7.23. The van der Waals surface area contributed by atoms with Crippen LogP contribution in [-0.4, -0.2) is 20.8 Å². The van der Waals surface area contributed by atoms with E-state index in [2.05, 4.69) is 24.4 Å². The van der Waals surface area contributed by atoms with Crippen molar-refractivity contribution < 1.29 is 9.47 Å². The van der Waals surface area contributed by atoms with Crippen LogP contribution in [0.15, 0.2) is 48.5 Å². The van der Waals surface area contributed by atoms with Crippen LogP contribution in [0.2, 0.25) is 5.02 Å². The number of hydrogen-bond donors (Lipinski definition) is 1. The normalized spacial score (nSPS) is 13.6. The van der Waals surface area contributed by atoms with Crippen LogP contribution in [0.1, 0.15) is 18.1 Å². The molecule has 118 valence electrons. The van der Waals surface area contributed by atoms with E-state index >= 15 is 0 Å². The summed E-state index contributed by atoms with van der Waals surface area (Å²) in [6.45, 7) is 3.25. The third-order valence-corrected chi connectivity index (χ3v) is 4.10. The summed E-state index contributed by atoms with van der Waals surface area (Å²) in [6.07, 6.45) is 0. The summed E-state index contributed by atoms with van der Waals surface area (Å²) in [5.74, 6) is 0.851.